The topological polar surface area (TPSA) is 26.3 Å². The lowest BCUT2D eigenvalue weighted by Gasteiger charge is -2.03. The first-order chi connectivity index (χ1) is 6.91. The zero-order chi connectivity index (χ0) is 11.5. The van der Waals surface area contributed by atoms with Crippen molar-refractivity contribution in [2.45, 2.75) is 11.1 Å². The predicted molar refractivity (Wildman–Crippen MR) is 50.1 cm³/mol. The average Bonchev–Trinajstić information content (AvgIpc) is 2.17. The minimum absolute atomic E-state index is 0.551. The quantitative estimate of drug-likeness (QED) is 0.738. The van der Waals surface area contributed by atoms with Crippen molar-refractivity contribution in [1.29, 1.82) is 0 Å². The molecule has 0 N–H and O–H groups in total. The summed E-state index contributed by atoms with van der Waals surface area (Å²) in [6.07, 6.45) is -3.52. The molecule has 1 aromatic rings. The number of carbonyl (C=O) groups is 1. The van der Waals surface area contributed by atoms with E-state index in [0.717, 1.165) is 0 Å². The molecule has 1 rings (SSSR count). The van der Waals surface area contributed by atoms with Crippen LogP contribution in [-0.2, 0) is 20.2 Å². The summed E-state index contributed by atoms with van der Waals surface area (Å²) in [7, 11) is 0. The fourth-order valence-corrected chi connectivity index (χ4v) is 1.78. The summed E-state index contributed by atoms with van der Waals surface area (Å²) in [6.45, 7) is 0. The van der Waals surface area contributed by atoms with E-state index in [1.165, 1.54) is 6.26 Å². The number of carbonyl (C=O) groups excluding carboxylic acids is 1. The van der Waals surface area contributed by atoms with E-state index in [2.05, 4.69) is 4.18 Å². The average molecular weight is 237 g/mol. The van der Waals surface area contributed by atoms with E-state index in [1.54, 1.807) is 30.3 Å². The molecular formula is C9H8F3O2S+. The summed E-state index contributed by atoms with van der Waals surface area (Å²) >= 11 is -1.18. The van der Waals surface area contributed by atoms with Crippen LogP contribution in [0.15, 0.2) is 35.2 Å². The Balaban J connectivity index is 2.65. The molecule has 1 unspecified atom stereocenters. The molecule has 0 spiro atoms. The molecule has 0 aromatic heterocycles. The molecule has 0 amide bonds. The van der Waals surface area contributed by atoms with Gasteiger partial charge in [-0.3, -0.25) is 0 Å². The third kappa shape index (κ3) is 3.47. The van der Waals surface area contributed by atoms with Crippen LogP contribution in [0.5, 0.6) is 0 Å². The smallest absolute Gasteiger partial charge is 0.235 e. The van der Waals surface area contributed by atoms with E-state index < -0.39 is 23.3 Å². The van der Waals surface area contributed by atoms with Gasteiger partial charge < -0.3 is 0 Å². The van der Waals surface area contributed by atoms with Crippen LogP contribution in [0.3, 0.4) is 0 Å². The number of rotatable bonds is 2. The summed E-state index contributed by atoms with van der Waals surface area (Å²) in [5, 5.41) is 0. The van der Waals surface area contributed by atoms with Crippen molar-refractivity contribution in [2.75, 3.05) is 6.26 Å². The first kappa shape index (κ1) is 11.9. The Morgan fingerprint density at radius 1 is 1.27 bits per heavy atom. The minimum atomic E-state index is -4.93. The van der Waals surface area contributed by atoms with Crippen molar-refractivity contribution in [3.8, 4) is 0 Å². The van der Waals surface area contributed by atoms with Crippen molar-refractivity contribution in [2.24, 2.45) is 0 Å². The first-order valence-electron chi connectivity index (χ1n) is 3.91. The van der Waals surface area contributed by atoms with E-state index in [1.807, 2.05) is 0 Å². The Morgan fingerprint density at radius 3 is 2.27 bits per heavy atom. The fraction of sp³-hybridized carbons (Fsp3) is 0.222. The fourth-order valence-electron chi connectivity index (χ4n) is 0.821. The molecule has 0 radical (unpaired) electrons. The highest BCUT2D eigenvalue weighted by Crippen LogP contribution is 2.20. The molecule has 0 bridgehead atoms. The molecule has 1 aromatic carbocycles. The lowest BCUT2D eigenvalue weighted by Crippen LogP contribution is -2.27. The SMILES string of the molecule is C[S+](OC(=O)C(F)(F)F)c1ccccc1. The van der Waals surface area contributed by atoms with Gasteiger partial charge in [0.2, 0.25) is 16.1 Å². The Labute approximate surface area is 87.6 Å². The van der Waals surface area contributed by atoms with Gasteiger partial charge in [0, 0.05) is 0 Å². The molecule has 0 aliphatic carbocycles. The Kier molecular flexibility index (Phi) is 3.62. The highest BCUT2D eigenvalue weighted by molar-refractivity contribution is 7.92. The van der Waals surface area contributed by atoms with Crippen LogP contribution in [-0.4, -0.2) is 18.4 Å². The highest BCUT2D eigenvalue weighted by atomic mass is 32.2. The van der Waals surface area contributed by atoms with Crippen LogP contribution in [0, 0.1) is 0 Å². The minimum Gasteiger partial charge on any atom is -0.235 e. The van der Waals surface area contributed by atoms with Gasteiger partial charge in [-0.1, -0.05) is 18.2 Å². The molecule has 0 aliphatic heterocycles. The van der Waals surface area contributed by atoms with Crippen LogP contribution < -0.4 is 0 Å². The van der Waals surface area contributed by atoms with Crippen molar-refractivity contribution in [3.63, 3.8) is 0 Å². The van der Waals surface area contributed by atoms with E-state index in [9.17, 15) is 18.0 Å². The van der Waals surface area contributed by atoms with Gasteiger partial charge in [0.15, 0.2) is 0 Å². The molecule has 0 fully saturated rings. The summed E-state index contributed by atoms with van der Waals surface area (Å²) in [6, 6.07) is 8.27. The van der Waals surface area contributed by atoms with Gasteiger partial charge in [0.25, 0.3) is 0 Å². The normalized spacial score (nSPS) is 13.3. The molecule has 82 valence electrons. The maximum absolute atomic E-state index is 11.9. The maximum atomic E-state index is 11.9. The Hall–Kier alpha value is -1.17. The summed E-state index contributed by atoms with van der Waals surface area (Å²) in [4.78, 5) is 11.1. The zero-order valence-electron chi connectivity index (χ0n) is 7.75. The largest absolute Gasteiger partial charge is 0.496 e. The predicted octanol–water partition coefficient (Wildman–Crippen LogP) is 2.31. The number of hydrogen-bond donors (Lipinski definition) is 0. The summed E-state index contributed by atoms with van der Waals surface area (Å²) in [5.41, 5.74) is 0. The molecule has 0 aliphatic rings. The van der Waals surface area contributed by atoms with E-state index in [4.69, 9.17) is 0 Å². The maximum Gasteiger partial charge on any atom is 0.496 e. The molecule has 6 heteroatoms. The van der Waals surface area contributed by atoms with Crippen LogP contribution in [0.4, 0.5) is 13.2 Å². The van der Waals surface area contributed by atoms with Crippen molar-refractivity contribution in [3.05, 3.63) is 30.3 Å². The van der Waals surface area contributed by atoms with Crippen LogP contribution in [0.1, 0.15) is 0 Å². The van der Waals surface area contributed by atoms with Crippen LogP contribution in [0.2, 0.25) is 0 Å². The monoisotopic (exact) mass is 237 g/mol. The van der Waals surface area contributed by atoms with Crippen LogP contribution >= 0.6 is 0 Å². The Morgan fingerprint density at radius 2 is 1.80 bits per heavy atom. The third-order valence-electron chi connectivity index (χ3n) is 1.51. The van der Waals surface area contributed by atoms with Crippen molar-refractivity contribution < 1.29 is 22.1 Å². The van der Waals surface area contributed by atoms with E-state index >= 15 is 0 Å². The van der Waals surface area contributed by atoms with Gasteiger partial charge >= 0.3 is 12.1 Å². The number of alkyl halides is 3. The van der Waals surface area contributed by atoms with Gasteiger partial charge in [-0.15, -0.1) is 0 Å². The van der Waals surface area contributed by atoms with Gasteiger partial charge in [-0.25, -0.2) is 8.98 Å². The first-order valence-corrected chi connectivity index (χ1v) is 5.47. The molecule has 0 heterocycles. The molecule has 15 heavy (non-hydrogen) atoms. The number of hydrogen-bond acceptors (Lipinski definition) is 2. The highest BCUT2D eigenvalue weighted by Gasteiger charge is 2.45. The Bertz CT molecular complexity index is 337. The summed E-state index contributed by atoms with van der Waals surface area (Å²) in [5.74, 6) is -2.16. The van der Waals surface area contributed by atoms with Crippen molar-refractivity contribution in [1.82, 2.24) is 0 Å². The van der Waals surface area contributed by atoms with Crippen molar-refractivity contribution >= 4 is 17.1 Å². The number of benzene rings is 1. The molecule has 0 saturated carbocycles. The molecule has 0 saturated heterocycles. The second kappa shape index (κ2) is 4.57. The molecule has 2 nitrogen and oxygen atoms in total. The van der Waals surface area contributed by atoms with Gasteiger partial charge in [0.05, 0.1) is 0 Å². The second-order valence-electron chi connectivity index (χ2n) is 2.64. The molecule has 1 atom stereocenters. The lowest BCUT2D eigenvalue weighted by atomic mass is 10.4. The van der Waals surface area contributed by atoms with Gasteiger partial charge in [0.1, 0.15) is 6.26 Å². The van der Waals surface area contributed by atoms with E-state index in [0.29, 0.717) is 4.90 Å². The lowest BCUT2D eigenvalue weighted by molar-refractivity contribution is -0.188. The van der Waals surface area contributed by atoms with E-state index in [-0.39, 0.29) is 0 Å². The summed E-state index contributed by atoms with van der Waals surface area (Å²) < 4.78 is 39.8. The number of halogens is 3. The van der Waals surface area contributed by atoms with Crippen LogP contribution in [0.25, 0.3) is 0 Å². The van der Waals surface area contributed by atoms with Gasteiger partial charge in [-0.05, 0) is 12.1 Å². The zero-order valence-corrected chi connectivity index (χ0v) is 8.56. The standard InChI is InChI=1S/C9H8F3O2S/c1-15(7-5-3-2-4-6-7)14-8(13)9(10,11)12/h2-6H,1H3/q+1. The molecular weight excluding hydrogens is 229 g/mol. The third-order valence-corrected chi connectivity index (χ3v) is 2.84. The van der Waals surface area contributed by atoms with Gasteiger partial charge in [-0.2, -0.15) is 13.2 Å². The second-order valence-corrected chi connectivity index (χ2v) is 4.18.